The number of rotatable bonds is 7. The minimum Gasteiger partial charge on any atom is -0.493 e. The minimum absolute atomic E-state index is 0.00823. The van der Waals surface area contributed by atoms with E-state index in [9.17, 15) is 9.18 Å². The Kier molecular flexibility index (Phi) is 6.67. The molecule has 1 aliphatic rings. The maximum atomic E-state index is 13.9. The number of ether oxygens (including phenoxy) is 3. The molecule has 3 aromatic rings. The first kappa shape index (κ1) is 22.2. The third-order valence-corrected chi connectivity index (χ3v) is 5.82. The lowest BCUT2D eigenvalue weighted by atomic mass is 9.98. The van der Waals surface area contributed by atoms with Gasteiger partial charge in [0.2, 0.25) is 11.2 Å². The Morgan fingerprint density at radius 2 is 1.84 bits per heavy atom. The Bertz CT molecular complexity index is 1160. The third-order valence-electron chi connectivity index (χ3n) is 5.46. The summed E-state index contributed by atoms with van der Waals surface area (Å²) in [6.07, 6.45) is 2.11. The smallest absolute Gasteiger partial charge is 0.227 e. The Morgan fingerprint density at radius 3 is 2.53 bits per heavy atom. The first-order valence-corrected chi connectivity index (χ1v) is 10.5. The lowest BCUT2D eigenvalue weighted by Gasteiger charge is -2.29. The van der Waals surface area contributed by atoms with Gasteiger partial charge < -0.3 is 18.6 Å². The highest BCUT2D eigenvalue weighted by atomic mass is 35.5. The lowest BCUT2D eigenvalue weighted by Crippen LogP contribution is -2.30. The van der Waals surface area contributed by atoms with Gasteiger partial charge in [-0.2, -0.15) is 0 Å². The van der Waals surface area contributed by atoms with Gasteiger partial charge in [-0.25, -0.2) is 4.39 Å². The Morgan fingerprint density at radius 1 is 1.09 bits per heavy atom. The van der Waals surface area contributed by atoms with Gasteiger partial charge in [-0.15, -0.1) is 0 Å². The molecule has 0 fully saturated rings. The van der Waals surface area contributed by atoms with Crippen LogP contribution >= 0.6 is 11.6 Å². The molecule has 0 radical (unpaired) electrons. The summed E-state index contributed by atoms with van der Waals surface area (Å²) in [5, 5.41) is 0.241. The van der Waals surface area contributed by atoms with Crippen molar-refractivity contribution in [3.63, 3.8) is 0 Å². The van der Waals surface area contributed by atoms with Crippen molar-refractivity contribution in [3.05, 3.63) is 86.2 Å². The first-order valence-electron chi connectivity index (χ1n) is 10.1. The van der Waals surface area contributed by atoms with Crippen LogP contribution in [0.15, 0.2) is 51.9 Å². The molecule has 0 N–H and O–H groups in total. The van der Waals surface area contributed by atoms with E-state index < -0.39 is 5.82 Å². The SMILES string of the molecule is COc1cc2c(cc1OC)CN(Cc1cc(=O)c(OCc3c(F)cccc3Cl)co1)CC2. The fraction of sp³-hybridized carbons (Fsp3) is 0.292. The molecular formula is C24H23ClFNO5. The first-order chi connectivity index (χ1) is 15.5. The lowest BCUT2D eigenvalue weighted by molar-refractivity contribution is 0.219. The molecule has 2 heterocycles. The average Bonchev–Trinajstić information content (AvgIpc) is 2.79. The van der Waals surface area contributed by atoms with E-state index in [0.29, 0.717) is 24.6 Å². The quantitative estimate of drug-likeness (QED) is 0.515. The van der Waals surface area contributed by atoms with E-state index >= 15 is 0 Å². The zero-order valence-electron chi connectivity index (χ0n) is 17.8. The van der Waals surface area contributed by atoms with Crippen LogP contribution in [-0.2, 0) is 26.1 Å². The third kappa shape index (κ3) is 4.74. The molecule has 168 valence electrons. The predicted octanol–water partition coefficient (Wildman–Crippen LogP) is 4.59. The van der Waals surface area contributed by atoms with Gasteiger partial charge in [0.15, 0.2) is 11.5 Å². The number of nitrogens with zero attached hydrogens (tertiary/aromatic N) is 1. The monoisotopic (exact) mass is 459 g/mol. The second-order valence-corrected chi connectivity index (χ2v) is 7.91. The minimum atomic E-state index is -0.488. The van der Waals surface area contributed by atoms with Crippen LogP contribution < -0.4 is 19.6 Å². The molecule has 6 nitrogen and oxygen atoms in total. The fourth-order valence-corrected chi connectivity index (χ4v) is 3.96. The molecular weight excluding hydrogens is 437 g/mol. The molecule has 8 heteroatoms. The van der Waals surface area contributed by atoms with Crippen LogP contribution in [0.1, 0.15) is 22.5 Å². The topological polar surface area (TPSA) is 61.1 Å². The van der Waals surface area contributed by atoms with Crippen molar-refractivity contribution in [1.82, 2.24) is 4.90 Å². The molecule has 0 atom stereocenters. The van der Waals surface area contributed by atoms with Crippen LogP contribution in [0.25, 0.3) is 0 Å². The summed E-state index contributed by atoms with van der Waals surface area (Å²) < 4.78 is 35.8. The van der Waals surface area contributed by atoms with Crippen LogP contribution in [0.3, 0.4) is 0 Å². The summed E-state index contributed by atoms with van der Waals surface area (Å²) in [6, 6.07) is 9.77. The normalized spacial score (nSPS) is 13.5. The highest BCUT2D eigenvalue weighted by Gasteiger charge is 2.20. The number of benzene rings is 2. The van der Waals surface area contributed by atoms with E-state index in [1.54, 1.807) is 20.3 Å². The van der Waals surface area contributed by atoms with Crippen LogP contribution in [0.4, 0.5) is 4.39 Å². The van der Waals surface area contributed by atoms with Crippen LogP contribution in [-0.4, -0.2) is 25.7 Å². The Labute approximate surface area is 190 Å². The maximum Gasteiger partial charge on any atom is 0.227 e. The van der Waals surface area contributed by atoms with Crippen molar-refractivity contribution in [1.29, 1.82) is 0 Å². The molecule has 0 saturated carbocycles. The molecule has 1 aromatic heterocycles. The molecule has 4 rings (SSSR count). The summed E-state index contributed by atoms with van der Waals surface area (Å²) in [4.78, 5) is 14.7. The van der Waals surface area contributed by atoms with Crippen molar-refractivity contribution in [2.75, 3.05) is 20.8 Å². The molecule has 0 spiro atoms. The Balaban J connectivity index is 1.43. The van der Waals surface area contributed by atoms with Crippen molar-refractivity contribution in [2.24, 2.45) is 0 Å². The molecule has 0 aliphatic carbocycles. The maximum absolute atomic E-state index is 13.9. The van der Waals surface area contributed by atoms with E-state index in [1.807, 2.05) is 12.1 Å². The highest BCUT2D eigenvalue weighted by molar-refractivity contribution is 6.31. The fourth-order valence-electron chi connectivity index (χ4n) is 3.74. The number of halogens is 2. The van der Waals surface area contributed by atoms with Gasteiger partial charge in [-0.1, -0.05) is 17.7 Å². The van der Waals surface area contributed by atoms with Gasteiger partial charge in [0.25, 0.3) is 0 Å². The van der Waals surface area contributed by atoms with E-state index in [4.69, 9.17) is 30.2 Å². The zero-order valence-corrected chi connectivity index (χ0v) is 18.6. The summed E-state index contributed by atoms with van der Waals surface area (Å²) in [7, 11) is 3.24. The van der Waals surface area contributed by atoms with E-state index in [2.05, 4.69) is 4.90 Å². The number of hydrogen-bond donors (Lipinski definition) is 0. The van der Waals surface area contributed by atoms with E-state index in [-0.39, 0.29) is 28.4 Å². The molecule has 0 bridgehead atoms. The van der Waals surface area contributed by atoms with E-state index in [0.717, 1.165) is 24.3 Å². The second kappa shape index (κ2) is 9.63. The van der Waals surface area contributed by atoms with Crippen LogP contribution in [0.2, 0.25) is 5.02 Å². The largest absolute Gasteiger partial charge is 0.493 e. The van der Waals surface area contributed by atoms with Gasteiger partial charge in [-0.3, -0.25) is 9.69 Å². The number of hydrogen-bond acceptors (Lipinski definition) is 6. The Hall–Kier alpha value is -3.03. The van der Waals surface area contributed by atoms with Crippen molar-refractivity contribution >= 4 is 11.6 Å². The summed E-state index contributed by atoms with van der Waals surface area (Å²) in [6.45, 7) is 1.83. The van der Waals surface area contributed by atoms with Gasteiger partial charge in [0.1, 0.15) is 24.4 Å². The number of methoxy groups -OCH3 is 2. The van der Waals surface area contributed by atoms with Crippen molar-refractivity contribution in [2.45, 2.75) is 26.1 Å². The zero-order chi connectivity index (χ0) is 22.7. The highest BCUT2D eigenvalue weighted by Crippen LogP contribution is 2.33. The molecule has 0 amide bonds. The number of fused-ring (bicyclic) bond motifs is 1. The summed E-state index contributed by atoms with van der Waals surface area (Å²) in [5.74, 6) is 1.45. The van der Waals surface area contributed by atoms with Gasteiger partial charge in [-0.05, 0) is 41.8 Å². The standard InChI is InChI=1S/C24H23ClFNO5/c1-29-22-8-15-6-7-27(11-16(15)9-23(22)30-2)12-17-10-21(28)24(14-31-17)32-13-18-19(25)4-3-5-20(18)26/h3-5,8-10,14H,6-7,11-13H2,1-2H3. The predicted molar refractivity (Wildman–Crippen MR) is 118 cm³/mol. The van der Waals surface area contributed by atoms with Crippen molar-refractivity contribution < 1.29 is 23.0 Å². The molecule has 2 aromatic carbocycles. The summed E-state index contributed by atoms with van der Waals surface area (Å²) in [5.41, 5.74) is 2.23. The molecule has 0 unspecified atom stereocenters. The van der Waals surface area contributed by atoms with Crippen LogP contribution in [0, 0.1) is 5.82 Å². The van der Waals surface area contributed by atoms with E-state index in [1.165, 1.54) is 30.0 Å². The molecule has 32 heavy (non-hydrogen) atoms. The van der Waals surface area contributed by atoms with Gasteiger partial charge in [0.05, 0.1) is 25.8 Å². The second-order valence-electron chi connectivity index (χ2n) is 7.50. The van der Waals surface area contributed by atoms with Gasteiger partial charge >= 0.3 is 0 Å². The average molecular weight is 460 g/mol. The summed E-state index contributed by atoms with van der Waals surface area (Å²) >= 11 is 6.00. The molecule has 0 saturated heterocycles. The van der Waals surface area contributed by atoms with Crippen LogP contribution in [0.5, 0.6) is 17.2 Å². The molecule has 1 aliphatic heterocycles. The van der Waals surface area contributed by atoms with Gasteiger partial charge in [0, 0.05) is 24.7 Å². The van der Waals surface area contributed by atoms with Crippen molar-refractivity contribution in [3.8, 4) is 17.2 Å².